The first kappa shape index (κ1) is 27.0. The van der Waals surface area contributed by atoms with Gasteiger partial charge in [-0.2, -0.15) is 10.1 Å². The lowest BCUT2D eigenvalue weighted by Crippen LogP contribution is -2.48. The highest BCUT2D eigenvalue weighted by molar-refractivity contribution is 5.90. The van der Waals surface area contributed by atoms with E-state index in [2.05, 4.69) is 47.9 Å². The van der Waals surface area contributed by atoms with Crippen LogP contribution in [0.4, 0.5) is 11.6 Å². The molecule has 1 atom stereocenters. The molecule has 0 aliphatic carbocycles. The molecule has 41 heavy (non-hydrogen) atoms. The van der Waals surface area contributed by atoms with Crippen LogP contribution >= 0.6 is 0 Å². The minimum atomic E-state index is -0.345. The van der Waals surface area contributed by atoms with Gasteiger partial charge in [-0.1, -0.05) is 38.1 Å². The number of carbonyl (C=O) groups is 1. The molecule has 12 heteroatoms. The highest BCUT2D eigenvalue weighted by Gasteiger charge is 2.32. The second kappa shape index (κ2) is 10.7. The number of aryl methyl sites for hydroxylation is 2. The Bertz CT molecular complexity index is 1570. The van der Waals surface area contributed by atoms with E-state index in [0.717, 1.165) is 66.5 Å². The van der Waals surface area contributed by atoms with Gasteiger partial charge >= 0.3 is 0 Å². The van der Waals surface area contributed by atoms with E-state index in [9.17, 15) is 4.79 Å². The molecule has 3 aromatic heterocycles. The zero-order valence-corrected chi connectivity index (χ0v) is 24.0. The molecule has 2 aliphatic heterocycles. The largest absolute Gasteiger partial charge is 0.378 e. The lowest BCUT2D eigenvalue weighted by Gasteiger charge is -2.36. The molecule has 0 spiro atoms. The number of nitrogens with zero attached hydrogens (tertiary/aromatic N) is 7. The van der Waals surface area contributed by atoms with E-state index in [1.54, 1.807) is 10.9 Å². The van der Waals surface area contributed by atoms with E-state index in [-0.39, 0.29) is 23.2 Å². The molecule has 12 nitrogen and oxygen atoms in total. The number of aromatic nitrogens is 6. The standard InChI is InChI=1S/C29H35N9O3/c1-17-24(14-37(5)35-17)33-28-30-10-8-22(32-28)18-6-7-21-19(12-18)13-38(20-15-40-16-20)11-9-23(21)31-26(39)25-34-27(41-36-25)29(2,3)4/h6-8,10,12,14,20,23H,9,11,13,15-16H2,1-5H3,(H,31,39)(H,30,32,33). The van der Waals surface area contributed by atoms with Gasteiger partial charge in [0.15, 0.2) is 0 Å². The van der Waals surface area contributed by atoms with Gasteiger partial charge in [-0.15, -0.1) is 0 Å². The average molecular weight is 558 g/mol. The highest BCUT2D eigenvalue weighted by Crippen LogP contribution is 2.33. The van der Waals surface area contributed by atoms with Crippen molar-refractivity contribution in [3.8, 4) is 11.3 Å². The van der Waals surface area contributed by atoms with Crippen LogP contribution in [0.3, 0.4) is 0 Å². The van der Waals surface area contributed by atoms with Gasteiger partial charge < -0.3 is 19.9 Å². The number of amides is 1. The van der Waals surface area contributed by atoms with E-state index in [1.807, 2.05) is 53.1 Å². The predicted octanol–water partition coefficient (Wildman–Crippen LogP) is 3.69. The number of fused-ring (bicyclic) bond motifs is 1. The zero-order chi connectivity index (χ0) is 28.7. The first-order chi connectivity index (χ1) is 19.6. The molecule has 1 fully saturated rings. The summed E-state index contributed by atoms with van der Waals surface area (Å²) in [6, 6.07) is 8.37. The fourth-order valence-corrected chi connectivity index (χ4v) is 5.15. The number of rotatable bonds is 6. The van der Waals surface area contributed by atoms with Gasteiger partial charge in [0.25, 0.3) is 11.7 Å². The van der Waals surface area contributed by atoms with Crippen molar-refractivity contribution >= 4 is 17.5 Å². The Kier molecular flexibility index (Phi) is 7.04. The quantitative estimate of drug-likeness (QED) is 0.361. The summed E-state index contributed by atoms with van der Waals surface area (Å²) in [5.41, 5.74) is 5.38. The van der Waals surface area contributed by atoms with Gasteiger partial charge in [0.1, 0.15) is 0 Å². The van der Waals surface area contributed by atoms with Crippen molar-refractivity contribution in [3.63, 3.8) is 0 Å². The Labute approximate surface area is 238 Å². The van der Waals surface area contributed by atoms with Gasteiger partial charge in [-0.3, -0.25) is 14.4 Å². The van der Waals surface area contributed by atoms with Crippen LogP contribution < -0.4 is 10.6 Å². The van der Waals surface area contributed by atoms with Crippen molar-refractivity contribution < 1.29 is 14.1 Å². The average Bonchev–Trinajstić information content (AvgIpc) is 3.48. The van der Waals surface area contributed by atoms with E-state index in [1.165, 1.54) is 0 Å². The van der Waals surface area contributed by atoms with Gasteiger partial charge in [-0.05, 0) is 36.6 Å². The van der Waals surface area contributed by atoms with E-state index in [4.69, 9.17) is 14.2 Å². The molecule has 0 radical (unpaired) electrons. The summed E-state index contributed by atoms with van der Waals surface area (Å²) in [7, 11) is 1.88. The maximum atomic E-state index is 13.2. The summed E-state index contributed by atoms with van der Waals surface area (Å²) in [5.74, 6) is 0.636. The number of benzene rings is 1. The van der Waals surface area contributed by atoms with Crippen molar-refractivity contribution in [2.24, 2.45) is 7.05 Å². The number of hydrogen-bond acceptors (Lipinski definition) is 10. The fourth-order valence-electron chi connectivity index (χ4n) is 5.15. The van der Waals surface area contributed by atoms with E-state index in [0.29, 0.717) is 17.9 Å². The van der Waals surface area contributed by atoms with Gasteiger partial charge in [0, 0.05) is 43.5 Å². The highest BCUT2D eigenvalue weighted by atomic mass is 16.5. The Morgan fingerprint density at radius 3 is 2.66 bits per heavy atom. The van der Waals surface area contributed by atoms with Gasteiger partial charge in [-0.25, -0.2) is 9.97 Å². The predicted molar refractivity (Wildman–Crippen MR) is 152 cm³/mol. The summed E-state index contributed by atoms with van der Waals surface area (Å²) >= 11 is 0. The third-order valence-corrected chi connectivity index (χ3v) is 7.52. The summed E-state index contributed by atoms with van der Waals surface area (Å²) in [5, 5.41) is 14.8. The molecular formula is C29H35N9O3. The summed E-state index contributed by atoms with van der Waals surface area (Å²) in [4.78, 5) is 29.2. The fraction of sp³-hybridized carbons (Fsp3) is 0.448. The first-order valence-electron chi connectivity index (χ1n) is 13.8. The van der Waals surface area contributed by atoms with Crippen LogP contribution in [0.1, 0.15) is 66.6 Å². The van der Waals surface area contributed by atoms with Crippen molar-refractivity contribution in [2.45, 2.75) is 58.2 Å². The topological polar surface area (TPSA) is 136 Å². The van der Waals surface area contributed by atoms with Crippen LogP contribution in [0.5, 0.6) is 0 Å². The molecule has 0 saturated carbocycles. The molecule has 0 bridgehead atoms. The second-order valence-electron chi connectivity index (χ2n) is 11.8. The number of ether oxygens (including phenoxy) is 1. The Balaban J connectivity index is 1.28. The smallest absolute Gasteiger partial charge is 0.293 e. The third kappa shape index (κ3) is 5.70. The normalized spacial score (nSPS) is 17.9. The van der Waals surface area contributed by atoms with Crippen molar-refractivity contribution in [1.29, 1.82) is 0 Å². The number of nitrogens with one attached hydrogen (secondary N) is 2. The van der Waals surface area contributed by atoms with Crippen molar-refractivity contribution in [3.05, 3.63) is 65.2 Å². The maximum Gasteiger partial charge on any atom is 0.293 e. The number of hydrogen-bond donors (Lipinski definition) is 2. The summed E-state index contributed by atoms with van der Waals surface area (Å²) in [6.07, 6.45) is 4.41. The second-order valence-corrected chi connectivity index (χ2v) is 11.8. The van der Waals surface area contributed by atoms with Crippen LogP contribution in [0.2, 0.25) is 0 Å². The van der Waals surface area contributed by atoms with Crippen LogP contribution in [0, 0.1) is 6.92 Å². The molecule has 2 N–H and O–H groups in total. The molecule has 6 rings (SSSR count). The zero-order valence-electron chi connectivity index (χ0n) is 24.0. The van der Waals surface area contributed by atoms with E-state index < -0.39 is 0 Å². The Morgan fingerprint density at radius 2 is 1.98 bits per heavy atom. The lowest BCUT2D eigenvalue weighted by molar-refractivity contribution is -0.0678. The minimum absolute atomic E-state index is 0.0476. The molecule has 4 aromatic rings. The molecule has 2 aliphatic rings. The molecule has 1 amide bonds. The first-order valence-corrected chi connectivity index (χ1v) is 13.8. The molecule has 5 heterocycles. The molecule has 1 unspecified atom stereocenters. The number of anilines is 2. The van der Waals surface area contributed by atoms with Crippen LogP contribution in [0.15, 0.2) is 41.2 Å². The Hall–Kier alpha value is -4.16. The molecule has 214 valence electrons. The van der Waals surface area contributed by atoms with Crippen molar-refractivity contribution in [2.75, 3.05) is 25.1 Å². The van der Waals surface area contributed by atoms with Crippen LogP contribution in [-0.2, 0) is 23.7 Å². The molecular weight excluding hydrogens is 522 g/mol. The Morgan fingerprint density at radius 1 is 1.15 bits per heavy atom. The molecule has 1 saturated heterocycles. The van der Waals surface area contributed by atoms with Crippen molar-refractivity contribution in [1.82, 2.24) is 40.1 Å². The van der Waals surface area contributed by atoms with Gasteiger partial charge in [0.2, 0.25) is 11.8 Å². The maximum absolute atomic E-state index is 13.2. The van der Waals surface area contributed by atoms with Crippen LogP contribution in [0.25, 0.3) is 11.3 Å². The van der Waals surface area contributed by atoms with Crippen LogP contribution in [-0.4, -0.2) is 66.5 Å². The number of carbonyl (C=O) groups excluding carboxylic acids is 1. The lowest BCUT2D eigenvalue weighted by atomic mass is 9.96. The third-order valence-electron chi connectivity index (χ3n) is 7.52. The summed E-state index contributed by atoms with van der Waals surface area (Å²) in [6.45, 7) is 10.9. The summed E-state index contributed by atoms with van der Waals surface area (Å²) < 4.78 is 12.6. The minimum Gasteiger partial charge on any atom is -0.378 e. The molecule has 1 aromatic carbocycles. The SMILES string of the molecule is Cc1nn(C)cc1Nc1nccc(-c2ccc3c(c2)CN(C2COC2)CCC3NC(=O)c2noc(C(C)(C)C)n2)n1. The monoisotopic (exact) mass is 557 g/mol. The van der Waals surface area contributed by atoms with E-state index >= 15 is 0 Å². The van der Waals surface area contributed by atoms with Gasteiger partial charge in [0.05, 0.1) is 42.4 Å².